The van der Waals surface area contributed by atoms with Gasteiger partial charge in [0.1, 0.15) is 5.75 Å². The second-order valence-corrected chi connectivity index (χ2v) is 6.12. The zero-order valence-electron chi connectivity index (χ0n) is 14.4. The van der Waals surface area contributed by atoms with E-state index in [9.17, 15) is 9.90 Å². The molecule has 1 fully saturated rings. The minimum absolute atomic E-state index is 0.00489. The van der Waals surface area contributed by atoms with Gasteiger partial charge in [-0.2, -0.15) is 0 Å². The highest BCUT2D eigenvalue weighted by Gasteiger charge is 2.26. The first-order valence-electron chi connectivity index (χ1n) is 8.31. The van der Waals surface area contributed by atoms with Crippen molar-refractivity contribution in [1.82, 2.24) is 4.90 Å². The minimum Gasteiger partial charge on any atom is -0.497 e. The van der Waals surface area contributed by atoms with Crippen LogP contribution in [0.5, 0.6) is 5.75 Å². The zero-order chi connectivity index (χ0) is 17.4. The van der Waals surface area contributed by atoms with Crippen molar-refractivity contribution in [3.63, 3.8) is 0 Å². The molecular formula is C18H27NO5. The molecule has 0 spiro atoms. The Bertz CT molecular complexity index is 497. The Kier molecular flexibility index (Phi) is 7.49. The van der Waals surface area contributed by atoms with E-state index < -0.39 is 6.10 Å². The van der Waals surface area contributed by atoms with E-state index in [4.69, 9.17) is 14.2 Å². The maximum Gasteiger partial charge on any atom is 0.308 e. The van der Waals surface area contributed by atoms with Crippen molar-refractivity contribution >= 4 is 5.97 Å². The smallest absolute Gasteiger partial charge is 0.308 e. The largest absolute Gasteiger partial charge is 0.497 e. The lowest BCUT2D eigenvalue weighted by atomic mass is 9.97. The van der Waals surface area contributed by atoms with Crippen LogP contribution in [0, 0.1) is 5.92 Å². The van der Waals surface area contributed by atoms with Gasteiger partial charge in [-0.15, -0.1) is 0 Å². The molecule has 0 amide bonds. The summed E-state index contributed by atoms with van der Waals surface area (Å²) in [6, 6.07) is 7.67. The Morgan fingerprint density at radius 2 is 1.92 bits per heavy atom. The molecule has 1 aromatic carbocycles. The Balaban J connectivity index is 1.63. The number of β-amino-alcohol motifs (C(OH)–C–C–N with tert-alkyl or cyclic N) is 1. The van der Waals surface area contributed by atoms with Gasteiger partial charge in [0.05, 0.1) is 39.5 Å². The molecule has 0 aromatic heterocycles. The molecule has 0 saturated carbocycles. The molecule has 1 atom stereocenters. The van der Waals surface area contributed by atoms with Crippen LogP contribution < -0.4 is 4.74 Å². The van der Waals surface area contributed by atoms with E-state index in [1.807, 2.05) is 24.3 Å². The number of carbonyl (C=O) groups excluding carboxylic acids is 1. The van der Waals surface area contributed by atoms with Crippen LogP contribution in [0.15, 0.2) is 24.3 Å². The average molecular weight is 337 g/mol. The Morgan fingerprint density at radius 3 is 2.50 bits per heavy atom. The third-order valence-corrected chi connectivity index (χ3v) is 4.33. The van der Waals surface area contributed by atoms with Gasteiger partial charge >= 0.3 is 5.97 Å². The van der Waals surface area contributed by atoms with Gasteiger partial charge in [-0.05, 0) is 43.6 Å². The van der Waals surface area contributed by atoms with E-state index in [1.165, 1.54) is 7.11 Å². The maximum absolute atomic E-state index is 11.5. The second kappa shape index (κ2) is 9.61. The molecule has 24 heavy (non-hydrogen) atoms. The molecule has 6 heteroatoms. The molecule has 1 N–H and O–H groups in total. The summed E-state index contributed by atoms with van der Waals surface area (Å²) < 4.78 is 15.5. The van der Waals surface area contributed by atoms with E-state index >= 15 is 0 Å². The summed E-state index contributed by atoms with van der Waals surface area (Å²) in [4.78, 5) is 13.7. The quantitative estimate of drug-likeness (QED) is 0.725. The molecule has 0 radical (unpaired) electrons. The van der Waals surface area contributed by atoms with Crippen LogP contribution in [0.4, 0.5) is 0 Å². The molecule has 1 aliphatic heterocycles. The summed E-state index contributed by atoms with van der Waals surface area (Å²) in [5, 5.41) is 10.1. The van der Waals surface area contributed by atoms with Gasteiger partial charge in [0.25, 0.3) is 0 Å². The first kappa shape index (κ1) is 18.7. The number of rotatable bonds is 8. The summed E-state index contributed by atoms with van der Waals surface area (Å²) in [6.07, 6.45) is 1.04. The summed E-state index contributed by atoms with van der Waals surface area (Å²) in [7, 11) is 3.06. The molecule has 1 heterocycles. The van der Waals surface area contributed by atoms with Crippen molar-refractivity contribution in [3.8, 4) is 5.75 Å². The van der Waals surface area contributed by atoms with Crippen LogP contribution in [-0.2, 0) is 20.9 Å². The van der Waals surface area contributed by atoms with Crippen LogP contribution in [0.3, 0.4) is 0 Å². The van der Waals surface area contributed by atoms with E-state index in [-0.39, 0.29) is 11.9 Å². The molecular weight excluding hydrogens is 310 g/mol. The lowest BCUT2D eigenvalue weighted by Gasteiger charge is -2.31. The molecule has 0 aliphatic carbocycles. The number of ether oxygens (including phenoxy) is 3. The van der Waals surface area contributed by atoms with Crippen molar-refractivity contribution in [1.29, 1.82) is 0 Å². The highest BCUT2D eigenvalue weighted by molar-refractivity contribution is 5.72. The summed E-state index contributed by atoms with van der Waals surface area (Å²) in [5.41, 5.74) is 1.04. The van der Waals surface area contributed by atoms with Crippen molar-refractivity contribution in [2.75, 3.05) is 40.5 Å². The standard InChI is InChI=1S/C18H27NO5/c1-22-17-5-3-14(4-6-17)12-24-13-16(20)11-19-9-7-15(8-10-19)18(21)23-2/h3-6,15-16,20H,7-13H2,1-2H3. The number of likely N-dealkylation sites (tertiary alicyclic amines) is 1. The third-order valence-electron chi connectivity index (χ3n) is 4.33. The zero-order valence-corrected chi connectivity index (χ0v) is 14.4. The van der Waals surface area contributed by atoms with Crippen molar-refractivity contribution in [2.24, 2.45) is 5.92 Å². The number of esters is 1. The van der Waals surface area contributed by atoms with Crippen molar-refractivity contribution in [2.45, 2.75) is 25.6 Å². The van der Waals surface area contributed by atoms with Crippen LogP contribution in [0.1, 0.15) is 18.4 Å². The third kappa shape index (κ3) is 5.78. The molecule has 6 nitrogen and oxygen atoms in total. The molecule has 1 saturated heterocycles. The van der Waals surface area contributed by atoms with Crippen molar-refractivity contribution in [3.05, 3.63) is 29.8 Å². The first-order valence-corrected chi connectivity index (χ1v) is 8.31. The number of hydrogen-bond acceptors (Lipinski definition) is 6. The monoisotopic (exact) mass is 337 g/mol. The molecule has 1 aliphatic rings. The van der Waals surface area contributed by atoms with Gasteiger partial charge < -0.3 is 24.2 Å². The average Bonchev–Trinajstić information content (AvgIpc) is 2.62. The Labute approximate surface area is 143 Å². The summed E-state index contributed by atoms with van der Waals surface area (Å²) in [6.45, 7) is 2.93. The number of hydrogen-bond donors (Lipinski definition) is 1. The minimum atomic E-state index is -0.530. The summed E-state index contributed by atoms with van der Waals surface area (Å²) in [5.74, 6) is 0.682. The first-order chi connectivity index (χ1) is 11.6. The summed E-state index contributed by atoms with van der Waals surface area (Å²) >= 11 is 0. The van der Waals surface area contributed by atoms with Gasteiger partial charge in [0, 0.05) is 6.54 Å². The number of benzene rings is 1. The predicted octanol–water partition coefficient (Wildman–Crippen LogP) is 1.46. The number of aliphatic hydroxyl groups excluding tert-OH is 1. The highest BCUT2D eigenvalue weighted by atomic mass is 16.5. The Morgan fingerprint density at radius 1 is 1.25 bits per heavy atom. The number of carbonyl (C=O) groups is 1. The van der Waals surface area contributed by atoms with E-state index in [1.54, 1.807) is 7.11 Å². The number of aliphatic hydroxyl groups is 1. The predicted molar refractivity (Wildman–Crippen MR) is 89.8 cm³/mol. The lowest BCUT2D eigenvalue weighted by molar-refractivity contribution is -0.147. The van der Waals surface area contributed by atoms with Gasteiger partial charge in [-0.3, -0.25) is 4.79 Å². The van der Waals surface area contributed by atoms with Crippen LogP contribution >= 0.6 is 0 Å². The highest BCUT2D eigenvalue weighted by Crippen LogP contribution is 2.18. The molecule has 134 valence electrons. The Hall–Kier alpha value is -1.63. The van der Waals surface area contributed by atoms with Gasteiger partial charge in [-0.1, -0.05) is 12.1 Å². The molecule has 2 rings (SSSR count). The lowest BCUT2D eigenvalue weighted by Crippen LogP contribution is -2.41. The van der Waals surface area contributed by atoms with Gasteiger partial charge in [0.15, 0.2) is 0 Å². The number of piperidine rings is 1. The number of nitrogens with zero attached hydrogens (tertiary/aromatic N) is 1. The van der Waals surface area contributed by atoms with Crippen molar-refractivity contribution < 1.29 is 24.1 Å². The van der Waals surface area contributed by atoms with E-state index in [0.29, 0.717) is 19.8 Å². The normalized spacial score (nSPS) is 17.5. The van der Waals surface area contributed by atoms with Gasteiger partial charge in [0.2, 0.25) is 0 Å². The molecule has 1 unspecified atom stereocenters. The fraction of sp³-hybridized carbons (Fsp3) is 0.611. The SMILES string of the molecule is COC(=O)C1CCN(CC(O)COCc2ccc(OC)cc2)CC1. The molecule has 0 bridgehead atoms. The van der Waals surface area contributed by atoms with E-state index in [0.717, 1.165) is 37.2 Å². The second-order valence-electron chi connectivity index (χ2n) is 6.12. The maximum atomic E-state index is 11.5. The van der Waals surface area contributed by atoms with E-state index in [2.05, 4.69) is 4.90 Å². The van der Waals surface area contributed by atoms with Crippen LogP contribution in [0.2, 0.25) is 0 Å². The van der Waals surface area contributed by atoms with Gasteiger partial charge in [-0.25, -0.2) is 0 Å². The van der Waals surface area contributed by atoms with Crippen LogP contribution in [0.25, 0.3) is 0 Å². The van der Waals surface area contributed by atoms with Crippen LogP contribution in [-0.4, -0.2) is 62.5 Å². The fourth-order valence-corrected chi connectivity index (χ4v) is 2.90. The topological polar surface area (TPSA) is 68.2 Å². The number of methoxy groups -OCH3 is 2. The molecule has 1 aromatic rings. The fourth-order valence-electron chi connectivity index (χ4n) is 2.90.